The maximum Gasteiger partial charge on any atom is 0.261 e. The highest BCUT2D eigenvalue weighted by molar-refractivity contribution is 7.12. The Kier molecular flexibility index (Phi) is 5.00. The molecule has 6 heteroatoms. The van der Waals surface area contributed by atoms with Crippen molar-refractivity contribution in [1.29, 1.82) is 0 Å². The lowest BCUT2D eigenvalue weighted by Gasteiger charge is -2.16. The zero-order chi connectivity index (χ0) is 18.6. The Morgan fingerprint density at radius 3 is 2.89 bits per heavy atom. The molecule has 3 aromatic heterocycles. The summed E-state index contributed by atoms with van der Waals surface area (Å²) in [6, 6.07) is 15.8. The van der Waals surface area contributed by atoms with Gasteiger partial charge in [-0.25, -0.2) is 4.98 Å². The van der Waals surface area contributed by atoms with Crippen LogP contribution in [-0.4, -0.2) is 28.5 Å². The van der Waals surface area contributed by atoms with Crippen LogP contribution >= 0.6 is 11.3 Å². The van der Waals surface area contributed by atoms with E-state index in [1.54, 1.807) is 6.20 Å². The summed E-state index contributed by atoms with van der Waals surface area (Å²) in [4.78, 5) is 20.8. The lowest BCUT2D eigenvalue weighted by Crippen LogP contribution is -2.41. The van der Waals surface area contributed by atoms with Crippen LogP contribution in [0.25, 0.3) is 22.2 Å². The maximum atomic E-state index is 12.7. The molecule has 4 N–H and O–H groups in total. The van der Waals surface area contributed by atoms with Crippen LogP contribution in [0.2, 0.25) is 0 Å². The Labute approximate surface area is 161 Å². The molecule has 1 amide bonds. The van der Waals surface area contributed by atoms with Crippen LogP contribution in [0, 0.1) is 0 Å². The van der Waals surface area contributed by atoms with Gasteiger partial charge in [-0.05, 0) is 41.1 Å². The minimum atomic E-state index is -0.0947. The molecule has 0 saturated heterocycles. The van der Waals surface area contributed by atoms with E-state index in [0.29, 0.717) is 11.4 Å². The molecule has 4 rings (SSSR count). The van der Waals surface area contributed by atoms with E-state index in [-0.39, 0.29) is 11.9 Å². The molecular formula is C21H20N4OS. The van der Waals surface area contributed by atoms with Gasteiger partial charge in [0.25, 0.3) is 5.91 Å². The predicted octanol–water partition coefficient (Wildman–Crippen LogP) is 3.59. The van der Waals surface area contributed by atoms with Crippen molar-refractivity contribution in [3.63, 3.8) is 0 Å². The van der Waals surface area contributed by atoms with E-state index in [0.717, 1.165) is 34.1 Å². The molecule has 0 bridgehead atoms. The summed E-state index contributed by atoms with van der Waals surface area (Å²) in [6.07, 6.45) is 4.41. The summed E-state index contributed by atoms with van der Waals surface area (Å²) in [5, 5.41) is 6.10. The second-order valence-electron chi connectivity index (χ2n) is 6.40. The first-order valence-corrected chi connectivity index (χ1v) is 9.68. The van der Waals surface area contributed by atoms with E-state index in [1.807, 2.05) is 60.1 Å². The van der Waals surface area contributed by atoms with Gasteiger partial charge in [-0.3, -0.25) is 4.79 Å². The third-order valence-electron chi connectivity index (χ3n) is 4.53. The molecule has 0 saturated carbocycles. The summed E-state index contributed by atoms with van der Waals surface area (Å²) in [7, 11) is 0. The summed E-state index contributed by atoms with van der Waals surface area (Å²) in [5.74, 6) is -0.0874. The average molecular weight is 376 g/mol. The molecular weight excluding hydrogens is 356 g/mol. The number of hydrogen-bond donors (Lipinski definition) is 3. The van der Waals surface area contributed by atoms with Crippen LogP contribution in [0.15, 0.2) is 66.3 Å². The molecule has 0 fully saturated rings. The number of H-pyrrole nitrogens is 1. The quantitative estimate of drug-likeness (QED) is 0.481. The molecule has 4 aromatic rings. The van der Waals surface area contributed by atoms with Gasteiger partial charge in [-0.1, -0.05) is 30.3 Å². The number of fused-ring (bicyclic) bond motifs is 1. The number of nitrogens with two attached hydrogens (primary N) is 1. The third-order valence-corrected chi connectivity index (χ3v) is 5.46. The zero-order valence-electron chi connectivity index (χ0n) is 14.7. The van der Waals surface area contributed by atoms with E-state index in [4.69, 9.17) is 5.73 Å². The molecule has 0 aliphatic heterocycles. The van der Waals surface area contributed by atoms with Gasteiger partial charge in [0.1, 0.15) is 5.65 Å². The van der Waals surface area contributed by atoms with E-state index in [9.17, 15) is 4.79 Å². The fourth-order valence-electron chi connectivity index (χ4n) is 3.14. The fraction of sp³-hybridized carbons (Fsp3) is 0.143. The highest BCUT2D eigenvalue weighted by Crippen LogP contribution is 2.31. The number of aromatic amines is 1. The van der Waals surface area contributed by atoms with Gasteiger partial charge in [-0.15, -0.1) is 11.3 Å². The molecule has 0 spiro atoms. The van der Waals surface area contributed by atoms with Crippen LogP contribution < -0.4 is 11.1 Å². The van der Waals surface area contributed by atoms with Gasteiger partial charge < -0.3 is 16.0 Å². The number of carbonyl (C=O) groups excluding carboxylic acids is 1. The van der Waals surface area contributed by atoms with E-state index < -0.39 is 0 Å². The molecule has 1 atom stereocenters. The van der Waals surface area contributed by atoms with Crippen LogP contribution in [0.5, 0.6) is 0 Å². The van der Waals surface area contributed by atoms with Gasteiger partial charge in [0.2, 0.25) is 0 Å². The van der Waals surface area contributed by atoms with Gasteiger partial charge in [0.15, 0.2) is 0 Å². The van der Waals surface area contributed by atoms with Crippen molar-refractivity contribution in [2.45, 2.75) is 12.5 Å². The van der Waals surface area contributed by atoms with E-state index >= 15 is 0 Å². The molecule has 0 aliphatic carbocycles. The molecule has 136 valence electrons. The number of amides is 1. The minimum Gasteiger partial charge on any atom is -0.347 e. The number of carbonyl (C=O) groups is 1. The number of aromatic nitrogens is 2. The number of nitrogens with zero attached hydrogens (tertiary/aromatic N) is 1. The molecule has 1 unspecified atom stereocenters. The normalized spacial score (nSPS) is 12.2. The lowest BCUT2D eigenvalue weighted by atomic mass is 10.1. The lowest BCUT2D eigenvalue weighted by molar-refractivity contribution is 0.0942. The molecule has 27 heavy (non-hydrogen) atoms. The van der Waals surface area contributed by atoms with Crippen molar-refractivity contribution in [3.8, 4) is 11.1 Å². The molecule has 3 heterocycles. The standard InChI is InChI=1S/C21H20N4OS/c22-11-16(9-14-5-2-1-3-6-14)25-21(26)19-10-15(13-27-19)18-12-24-20-17(18)7-4-8-23-20/h1-8,10,12-13,16H,9,11,22H2,(H,23,24)(H,25,26). The first kappa shape index (κ1) is 17.5. The molecule has 5 nitrogen and oxygen atoms in total. The second kappa shape index (κ2) is 7.73. The predicted molar refractivity (Wildman–Crippen MR) is 110 cm³/mol. The van der Waals surface area contributed by atoms with Crippen molar-refractivity contribution >= 4 is 28.3 Å². The van der Waals surface area contributed by atoms with Gasteiger partial charge in [0.05, 0.1) is 4.88 Å². The van der Waals surface area contributed by atoms with E-state index in [1.165, 1.54) is 11.3 Å². The molecule has 1 aromatic carbocycles. The smallest absolute Gasteiger partial charge is 0.261 e. The highest BCUT2D eigenvalue weighted by atomic mass is 32.1. The summed E-state index contributed by atoms with van der Waals surface area (Å²) in [5.41, 5.74) is 9.93. The van der Waals surface area contributed by atoms with Crippen LogP contribution in [-0.2, 0) is 6.42 Å². The SMILES string of the molecule is NCC(Cc1ccccc1)NC(=O)c1cc(-c2c[nH]c3ncccc23)cs1. The summed E-state index contributed by atoms with van der Waals surface area (Å²) >= 11 is 1.44. The second-order valence-corrected chi connectivity index (χ2v) is 7.31. The van der Waals surface area contributed by atoms with Gasteiger partial charge in [-0.2, -0.15) is 0 Å². The Hall–Kier alpha value is -2.96. The summed E-state index contributed by atoms with van der Waals surface area (Å²) < 4.78 is 0. The van der Waals surface area contributed by atoms with E-state index in [2.05, 4.69) is 15.3 Å². The van der Waals surface area contributed by atoms with Gasteiger partial charge in [0, 0.05) is 35.9 Å². The Morgan fingerprint density at radius 1 is 1.22 bits per heavy atom. The highest BCUT2D eigenvalue weighted by Gasteiger charge is 2.16. The monoisotopic (exact) mass is 376 g/mol. The van der Waals surface area contributed by atoms with Crippen molar-refractivity contribution in [2.24, 2.45) is 5.73 Å². The number of rotatable bonds is 6. The number of thiophene rings is 1. The van der Waals surface area contributed by atoms with Crippen molar-refractivity contribution in [2.75, 3.05) is 6.54 Å². The fourth-order valence-corrected chi connectivity index (χ4v) is 3.95. The maximum absolute atomic E-state index is 12.7. The number of hydrogen-bond acceptors (Lipinski definition) is 4. The van der Waals surface area contributed by atoms with Crippen molar-refractivity contribution in [3.05, 3.63) is 76.7 Å². The third kappa shape index (κ3) is 3.77. The summed E-state index contributed by atoms with van der Waals surface area (Å²) in [6.45, 7) is 0.396. The van der Waals surface area contributed by atoms with Crippen LogP contribution in [0.1, 0.15) is 15.2 Å². The van der Waals surface area contributed by atoms with Crippen molar-refractivity contribution in [1.82, 2.24) is 15.3 Å². The number of pyridine rings is 1. The van der Waals surface area contributed by atoms with Crippen LogP contribution in [0.3, 0.4) is 0 Å². The topological polar surface area (TPSA) is 83.8 Å². The van der Waals surface area contributed by atoms with Gasteiger partial charge >= 0.3 is 0 Å². The Balaban J connectivity index is 1.50. The van der Waals surface area contributed by atoms with Crippen molar-refractivity contribution < 1.29 is 4.79 Å². The Bertz CT molecular complexity index is 1050. The molecule has 0 aliphatic rings. The average Bonchev–Trinajstić information content (AvgIpc) is 3.35. The zero-order valence-corrected chi connectivity index (χ0v) is 15.5. The Morgan fingerprint density at radius 2 is 2.07 bits per heavy atom. The number of nitrogens with one attached hydrogen (secondary N) is 2. The first-order valence-electron chi connectivity index (χ1n) is 8.80. The van der Waals surface area contributed by atoms with Crippen LogP contribution in [0.4, 0.5) is 0 Å². The first-order chi connectivity index (χ1) is 13.2. The largest absolute Gasteiger partial charge is 0.347 e. The minimum absolute atomic E-state index is 0.0874. The molecule has 0 radical (unpaired) electrons. The number of benzene rings is 1.